The molecule has 4 aromatic rings. The molecular weight excluding hydrogens is 520 g/mol. The molecule has 1 amide bonds. The largest absolute Gasteiger partial charge is 0.406 e. The maximum Gasteiger partial charge on any atom is 0.406 e. The summed E-state index contributed by atoms with van der Waals surface area (Å²) in [5, 5.41) is 15.5. The van der Waals surface area contributed by atoms with Crippen LogP contribution in [0.2, 0.25) is 0 Å². The summed E-state index contributed by atoms with van der Waals surface area (Å²) in [5.41, 5.74) is 1.68. The number of amides is 1. The third-order valence-electron chi connectivity index (χ3n) is 6.49. The van der Waals surface area contributed by atoms with E-state index in [0.717, 1.165) is 22.4 Å². The Bertz CT molecular complexity index is 1420. The number of nitrogens with zero attached hydrogens (tertiary/aromatic N) is 4. The number of alkyl halides is 4. The van der Waals surface area contributed by atoms with Gasteiger partial charge in [-0.2, -0.15) is 13.2 Å². The van der Waals surface area contributed by atoms with Gasteiger partial charge in [0.2, 0.25) is 0 Å². The number of carbonyl (C=O) groups is 1. The molecule has 1 saturated heterocycles. The second kappa shape index (κ2) is 10.7. The second-order valence-corrected chi connectivity index (χ2v) is 10.4. The Hall–Kier alpha value is -3.51. The summed E-state index contributed by atoms with van der Waals surface area (Å²) in [5.74, 6) is -0.288. The number of hydrogen-bond acceptors (Lipinski definition) is 6. The van der Waals surface area contributed by atoms with E-state index in [1.807, 2.05) is 11.9 Å². The van der Waals surface area contributed by atoms with Gasteiger partial charge in [0, 0.05) is 29.7 Å². The number of benzene rings is 2. The molecule has 1 aliphatic rings. The average molecular weight is 547 g/mol. The fourth-order valence-electron chi connectivity index (χ4n) is 4.63. The number of fused-ring (bicyclic) bond motifs is 1. The Labute approximate surface area is 220 Å². The van der Waals surface area contributed by atoms with Crippen LogP contribution >= 0.6 is 11.3 Å². The number of rotatable bonds is 7. The van der Waals surface area contributed by atoms with Gasteiger partial charge < -0.3 is 20.1 Å². The van der Waals surface area contributed by atoms with Gasteiger partial charge >= 0.3 is 6.18 Å². The van der Waals surface area contributed by atoms with Crippen molar-refractivity contribution in [3.63, 3.8) is 0 Å². The van der Waals surface area contributed by atoms with Crippen molar-refractivity contribution < 1.29 is 22.4 Å². The summed E-state index contributed by atoms with van der Waals surface area (Å²) in [4.78, 5) is 14.3. The first-order valence-electron chi connectivity index (χ1n) is 12.1. The van der Waals surface area contributed by atoms with E-state index in [4.69, 9.17) is 0 Å². The molecule has 0 spiro atoms. The molecule has 1 fully saturated rings. The second-order valence-electron chi connectivity index (χ2n) is 9.34. The number of anilines is 1. The van der Waals surface area contributed by atoms with E-state index < -0.39 is 24.9 Å². The first-order chi connectivity index (χ1) is 18.2. The summed E-state index contributed by atoms with van der Waals surface area (Å²) in [6, 6.07) is 14.9. The maximum atomic E-state index is 14.7. The summed E-state index contributed by atoms with van der Waals surface area (Å²) < 4.78 is 56.7. The topological polar surface area (TPSA) is 75.1 Å². The quantitative estimate of drug-likeness (QED) is 0.316. The minimum absolute atomic E-state index is 0.0890. The molecule has 0 unspecified atom stereocenters. The van der Waals surface area contributed by atoms with Crippen LogP contribution in [0.15, 0.2) is 54.6 Å². The lowest BCUT2D eigenvalue weighted by Crippen LogP contribution is -2.46. The molecule has 0 bridgehead atoms. The van der Waals surface area contributed by atoms with Gasteiger partial charge in [-0.3, -0.25) is 4.79 Å². The highest BCUT2D eigenvalue weighted by Gasteiger charge is 2.32. The summed E-state index contributed by atoms with van der Waals surface area (Å²) in [6.07, 6.45) is -4.99. The van der Waals surface area contributed by atoms with Crippen LogP contribution in [0.1, 0.15) is 21.8 Å². The monoisotopic (exact) mass is 546 g/mol. The molecule has 2 aromatic carbocycles. The number of halogens is 4. The molecule has 0 radical (unpaired) electrons. The van der Waals surface area contributed by atoms with Crippen molar-refractivity contribution in [2.45, 2.75) is 37.9 Å². The molecule has 3 heterocycles. The van der Waals surface area contributed by atoms with Crippen molar-refractivity contribution >= 4 is 33.8 Å². The van der Waals surface area contributed by atoms with Crippen LogP contribution in [0, 0.1) is 0 Å². The normalized spacial score (nSPS) is 18.6. The first-order valence-corrected chi connectivity index (χ1v) is 12.9. The van der Waals surface area contributed by atoms with E-state index in [-0.39, 0.29) is 18.1 Å². The Morgan fingerprint density at radius 2 is 1.92 bits per heavy atom. The molecular formula is C26H26F4N6OS. The number of aromatic nitrogens is 3. The van der Waals surface area contributed by atoms with Gasteiger partial charge in [0.1, 0.15) is 17.7 Å². The van der Waals surface area contributed by atoms with E-state index in [0.29, 0.717) is 45.1 Å². The van der Waals surface area contributed by atoms with Gasteiger partial charge in [0.25, 0.3) is 5.91 Å². The molecule has 7 nitrogen and oxygen atoms in total. The van der Waals surface area contributed by atoms with Gasteiger partial charge in [-0.1, -0.05) is 35.6 Å². The van der Waals surface area contributed by atoms with E-state index in [9.17, 15) is 22.4 Å². The number of carbonyl (C=O) groups excluding carboxylic acids is 1. The van der Waals surface area contributed by atoms with Crippen LogP contribution < -0.4 is 10.6 Å². The standard InChI is InChI=1S/C26H26F4N6OS/c1-35-11-10-20(18(27)14-35)32-19-8-5-9-21-17(19)12-22(36(21)15-26(28,29)30)25-34-33-23(38-25)13-31-24(37)16-6-3-2-4-7-16/h2-9,12,18,20,32H,10-11,13-15H2,1H3,(H,31,37)/t18-,20+/m0/s1. The molecule has 12 heteroatoms. The van der Waals surface area contributed by atoms with Gasteiger partial charge in [-0.05, 0) is 43.8 Å². The lowest BCUT2D eigenvalue weighted by molar-refractivity contribution is -0.139. The number of hydrogen-bond donors (Lipinski definition) is 2. The fourth-order valence-corrected chi connectivity index (χ4v) is 5.44. The molecule has 2 atom stereocenters. The molecule has 200 valence electrons. The molecule has 5 rings (SSSR count). The molecule has 38 heavy (non-hydrogen) atoms. The van der Waals surface area contributed by atoms with E-state index in [1.54, 1.807) is 54.6 Å². The van der Waals surface area contributed by atoms with Crippen LogP contribution in [0.5, 0.6) is 0 Å². The van der Waals surface area contributed by atoms with Gasteiger partial charge in [0.05, 0.1) is 23.8 Å². The highest BCUT2D eigenvalue weighted by molar-refractivity contribution is 7.14. The molecule has 1 aliphatic heterocycles. The van der Waals surface area contributed by atoms with Crippen LogP contribution in [0.3, 0.4) is 0 Å². The number of piperidine rings is 1. The number of likely N-dealkylation sites (tertiary alicyclic amines) is 1. The number of nitrogens with one attached hydrogen (secondary N) is 2. The van der Waals surface area contributed by atoms with Crippen molar-refractivity contribution in [3.8, 4) is 10.7 Å². The van der Waals surface area contributed by atoms with Gasteiger partial charge in [-0.15, -0.1) is 10.2 Å². The van der Waals surface area contributed by atoms with E-state index >= 15 is 0 Å². The average Bonchev–Trinajstić information content (AvgIpc) is 3.49. The van der Waals surface area contributed by atoms with Crippen molar-refractivity contribution in [2.24, 2.45) is 0 Å². The van der Waals surface area contributed by atoms with Crippen LogP contribution in [0.25, 0.3) is 21.6 Å². The highest BCUT2D eigenvalue weighted by atomic mass is 32.1. The first kappa shape index (κ1) is 26.1. The van der Waals surface area contributed by atoms with Crippen LogP contribution in [-0.2, 0) is 13.1 Å². The summed E-state index contributed by atoms with van der Waals surface area (Å²) >= 11 is 1.11. The van der Waals surface area contributed by atoms with Crippen molar-refractivity contribution in [2.75, 3.05) is 25.5 Å². The molecule has 0 aliphatic carbocycles. The summed E-state index contributed by atoms with van der Waals surface area (Å²) in [6.45, 7) is -0.105. The molecule has 2 aromatic heterocycles. The van der Waals surface area contributed by atoms with Gasteiger partial charge in [-0.25, -0.2) is 4.39 Å². The third kappa shape index (κ3) is 5.81. The van der Waals surface area contributed by atoms with Crippen molar-refractivity contribution in [1.82, 2.24) is 25.0 Å². The van der Waals surface area contributed by atoms with E-state index in [2.05, 4.69) is 20.8 Å². The predicted octanol–water partition coefficient (Wildman–Crippen LogP) is 5.11. The Morgan fingerprint density at radius 3 is 2.66 bits per heavy atom. The Kier molecular flexibility index (Phi) is 7.35. The van der Waals surface area contributed by atoms with Gasteiger partial charge in [0.15, 0.2) is 5.01 Å². The fraction of sp³-hybridized carbons (Fsp3) is 0.346. The molecule has 2 N–H and O–H groups in total. The highest BCUT2D eigenvalue weighted by Crippen LogP contribution is 2.36. The zero-order chi connectivity index (χ0) is 26.9. The zero-order valence-electron chi connectivity index (χ0n) is 20.5. The smallest absolute Gasteiger partial charge is 0.379 e. The van der Waals surface area contributed by atoms with Crippen molar-refractivity contribution in [3.05, 3.63) is 65.2 Å². The predicted molar refractivity (Wildman–Crippen MR) is 139 cm³/mol. The third-order valence-corrected chi connectivity index (χ3v) is 7.44. The van der Waals surface area contributed by atoms with Crippen LogP contribution in [0.4, 0.5) is 23.2 Å². The van der Waals surface area contributed by atoms with Crippen molar-refractivity contribution in [1.29, 1.82) is 0 Å². The minimum Gasteiger partial charge on any atom is -0.379 e. The summed E-state index contributed by atoms with van der Waals surface area (Å²) in [7, 11) is 1.86. The minimum atomic E-state index is -4.47. The lowest BCUT2D eigenvalue weighted by atomic mass is 10.0. The van der Waals surface area contributed by atoms with Crippen LogP contribution in [-0.4, -0.2) is 64.1 Å². The Morgan fingerprint density at radius 1 is 1.13 bits per heavy atom. The zero-order valence-corrected chi connectivity index (χ0v) is 21.3. The van der Waals surface area contributed by atoms with E-state index in [1.165, 1.54) is 0 Å². The Balaban J connectivity index is 1.44. The molecule has 0 saturated carbocycles. The lowest BCUT2D eigenvalue weighted by Gasteiger charge is -2.33. The SMILES string of the molecule is CN1CC[C@@H](Nc2cccc3c2cc(-c2nnc(CNC(=O)c4ccccc4)s2)n3CC(F)(F)F)[C@@H](F)C1. The maximum absolute atomic E-state index is 14.7.